The molecule has 5 nitrogen and oxygen atoms in total. The summed E-state index contributed by atoms with van der Waals surface area (Å²) in [6.45, 7) is 0. The molecule has 0 bridgehead atoms. The summed E-state index contributed by atoms with van der Waals surface area (Å²) in [5, 5.41) is 1.07. The highest BCUT2D eigenvalue weighted by Gasteiger charge is 2.15. The third kappa shape index (κ3) is 2.23. The van der Waals surface area contributed by atoms with Gasteiger partial charge < -0.3 is 10.3 Å². The van der Waals surface area contributed by atoms with Gasteiger partial charge in [-0.2, -0.15) is 0 Å². The zero-order valence-electron chi connectivity index (χ0n) is 12.6. The molecule has 0 aliphatic heterocycles. The number of rotatable bonds is 2. The SMILES string of the molecule is Cn1cc(-c2ccnc(N)n2)c2c(-c3ccccc3)ccnc21. The number of nitrogen functional groups attached to an aromatic ring is 1. The standard InChI is InChI=1S/C18H15N5/c1-23-11-14(15-8-10-21-18(19)22-15)16-13(7-9-20-17(16)23)12-5-3-2-4-6-12/h2-11H,1H3,(H2,19,21,22). The monoisotopic (exact) mass is 301 g/mol. The minimum atomic E-state index is 0.268. The van der Waals surface area contributed by atoms with Gasteiger partial charge in [0.2, 0.25) is 5.95 Å². The number of nitrogens with zero attached hydrogens (tertiary/aromatic N) is 4. The Morgan fingerprint density at radius 3 is 2.48 bits per heavy atom. The van der Waals surface area contributed by atoms with Gasteiger partial charge in [-0.1, -0.05) is 30.3 Å². The van der Waals surface area contributed by atoms with Crippen molar-refractivity contribution >= 4 is 17.0 Å². The molecule has 0 saturated carbocycles. The lowest BCUT2D eigenvalue weighted by Crippen LogP contribution is -1.95. The minimum absolute atomic E-state index is 0.268. The van der Waals surface area contributed by atoms with E-state index in [0.29, 0.717) is 0 Å². The molecular weight excluding hydrogens is 286 g/mol. The molecule has 0 aliphatic rings. The van der Waals surface area contributed by atoms with Crippen molar-refractivity contribution in [1.29, 1.82) is 0 Å². The van der Waals surface area contributed by atoms with Crippen LogP contribution in [0.3, 0.4) is 0 Å². The highest BCUT2D eigenvalue weighted by Crippen LogP contribution is 2.35. The van der Waals surface area contributed by atoms with Crippen molar-refractivity contribution in [3.8, 4) is 22.4 Å². The predicted molar refractivity (Wildman–Crippen MR) is 91.6 cm³/mol. The molecular formula is C18H15N5. The molecule has 4 aromatic rings. The number of nitrogens with two attached hydrogens (primary N) is 1. The fraction of sp³-hybridized carbons (Fsp3) is 0.0556. The van der Waals surface area contributed by atoms with Gasteiger partial charge in [0.25, 0.3) is 0 Å². The quantitative estimate of drug-likeness (QED) is 0.617. The highest BCUT2D eigenvalue weighted by molar-refractivity contribution is 6.03. The lowest BCUT2D eigenvalue weighted by molar-refractivity contribution is 0.949. The number of pyridine rings is 1. The maximum atomic E-state index is 5.75. The molecule has 112 valence electrons. The predicted octanol–water partition coefficient (Wildman–Crippen LogP) is 3.28. The van der Waals surface area contributed by atoms with Crippen LogP contribution in [0, 0.1) is 0 Å². The second-order valence-electron chi connectivity index (χ2n) is 5.38. The van der Waals surface area contributed by atoms with Gasteiger partial charge in [0, 0.05) is 36.6 Å². The van der Waals surface area contributed by atoms with Crippen LogP contribution in [-0.4, -0.2) is 19.5 Å². The second-order valence-corrected chi connectivity index (χ2v) is 5.38. The van der Waals surface area contributed by atoms with Crippen molar-refractivity contribution in [2.24, 2.45) is 7.05 Å². The van der Waals surface area contributed by atoms with Crippen LogP contribution in [0.15, 0.2) is 61.1 Å². The van der Waals surface area contributed by atoms with Gasteiger partial charge in [-0.05, 0) is 23.3 Å². The van der Waals surface area contributed by atoms with E-state index in [1.54, 1.807) is 6.20 Å². The van der Waals surface area contributed by atoms with E-state index >= 15 is 0 Å². The van der Waals surface area contributed by atoms with Crippen molar-refractivity contribution in [1.82, 2.24) is 19.5 Å². The average molecular weight is 301 g/mol. The third-order valence-corrected chi connectivity index (χ3v) is 3.89. The second kappa shape index (κ2) is 5.21. The lowest BCUT2D eigenvalue weighted by Gasteiger charge is -2.06. The van der Waals surface area contributed by atoms with Crippen LogP contribution in [0.2, 0.25) is 0 Å². The summed E-state index contributed by atoms with van der Waals surface area (Å²) in [5.74, 6) is 0.268. The van der Waals surface area contributed by atoms with Crippen LogP contribution in [0.4, 0.5) is 5.95 Å². The number of anilines is 1. The summed E-state index contributed by atoms with van der Waals surface area (Å²) in [6, 6.07) is 14.2. The Kier molecular flexibility index (Phi) is 3.05. The van der Waals surface area contributed by atoms with Crippen molar-refractivity contribution in [3.05, 3.63) is 61.1 Å². The Labute approximate surface area is 133 Å². The van der Waals surface area contributed by atoms with Gasteiger partial charge >= 0.3 is 0 Å². The highest BCUT2D eigenvalue weighted by atomic mass is 15.0. The average Bonchev–Trinajstić information content (AvgIpc) is 2.93. The number of aromatic nitrogens is 4. The molecule has 3 heterocycles. The maximum absolute atomic E-state index is 5.75. The van der Waals surface area contributed by atoms with Crippen LogP contribution < -0.4 is 5.73 Å². The summed E-state index contributed by atoms with van der Waals surface area (Å²) >= 11 is 0. The molecule has 0 unspecified atom stereocenters. The third-order valence-electron chi connectivity index (χ3n) is 3.89. The molecule has 0 atom stereocenters. The van der Waals surface area contributed by atoms with Crippen molar-refractivity contribution in [3.63, 3.8) is 0 Å². The fourth-order valence-electron chi connectivity index (χ4n) is 2.88. The Balaban J connectivity index is 2.06. The largest absolute Gasteiger partial charge is 0.368 e. The number of aryl methyl sites for hydroxylation is 1. The topological polar surface area (TPSA) is 69.6 Å². The lowest BCUT2D eigenvalue weighted by atomic mass is 10.0. The van der Waals surface area contributed by atoms with Crippen molar-refractivity contribution in [2.75, 3.05) is 5.73 Å². The zero-order valence-corrected chi connectivity index (χ0v) is 12.6. The van der Waals surface area contributed by atoms with Gasteiger partial charge in [0.15, 0.2) is 0 Å². The summed E-state index contributed by atoms with van der Waals surface area (Å²) in [4.78, 5) is 12.9. The van der Waals surface area contributed by atoms with E-state index < -0.39 is 0 Å². The molecule has 1 aromatic carbocycles. The molecule has 0 aliphatic carbocycles. The van der Waals surface area contributed by atoms with Gasteiger partial charge in [0.05, 0.1) is 5.69 Å². The van der Waals surface area contributed by atoms with Crippen LogP contribution in [0.25, 0.3) is 33.4 Å². The minimum Gasteiger partial charge on any atom is -0.368 e. The summed E-state index contributed by atoms with van der Waals surface area (Å²) < 4.78 is 2.01. The molecule has 3 aromatic heterocycles. The van der Waals surface area contributed by atoms with Gasteiger partial charge in [-0.25, -0.2) is 15.0 Å². The zero-order chi connectivity index (χ0) is 15.8. The summed E-state index contributed by atoms with van der Waals surface area (Å²) in [7, 11) is 1.98. The smallest absolute Gasteiger partial charge is 0.220 e. The molecule has 0 radical (unpaired) electrons. The Bertz CT molecular complexity index is 989. The van der Waals surface area contributed by atoms with Crippen molar-refractivity contribution < 1.29 is 0 Å². The maximum Gasteiger partial charge on any atom is 0.220 e. The van der Waals surface area contributed by atoms with Gasteiger partial charge in [-0.15, -0.1) is 0 Å². The number of hydrogen-bond donors (Lipinski definition) is 1. The van der Waals surface area contributed by atoms with E-state index in [1.807, 2.05) is 54.3 Å². The van der Waals surface area contributed by atoms with E-state index in [9.17, 15) is 0 Å². The molecule has 0 fully saturated rings. The van der Waals surface area contributed by atoms with E-state index in [4.69, 9.17) is 5.73 Å². The fourth-order valence-corrected chi connectivity index (χ4v) is 2.88. The first-order valence-corrected chi connectivity index (χ1v) is 7.32. The van der Waals surface area contributed by atoms with Crippen LogP contribution in [0.1, 0.15) is 0 Å². The first-order valence-electron chi connectivity index (χ1n) is 7.32. The Morgan fingerprint density at radius 1 is 0.913 bits per heavy atom. The van der Waals surface area contributed by atoms with E-state index in [2.05, 4.69) is 27.1 Å². The molecule has 4 rings (SSSR count). The number of fused-ring (bicyclic) bond motifs is 1. The van der Waals surface area contributed by atoms with E-state index in [1.165, 1.54) is 0 Å². The number of hydrogen-bond acceptors (Lipinski definition) is 4. The van der Waals surface area contributed by atoms with Crippen LogP contribution in [0.5, 0.6) is 0 Å². The Hall–Kier alpha value is -3.21. The first kappa shape index (κ1) is 13.5. The van der Waals surface area contributed by atoms with E-state index in [0.717, 1.165) is 33.4 Å². The molecule has 0 amide bonds. The normalized spacial score (nSPS) is 11.0. The van der Waals surface area contributed by atoms with Gasteiger partial charge in [0.1, 0.15) is 5.65 Å². The van der Waals surface area contributed by atoms with Crippen molar-refractivity contribution in [2.45, 2.75) is 0 Å². The molecule has 5 heteroatoms. The molecule has 0 saturated heterocycles. The number of benzene rings is 1. The Morgan fingerprint density at radius 2 is 1.70 bits per heavy atom. The first-order chi connectivity index (χ1) is 11.2. The summed E-state index contributed by atoms with van der Waals surface area (Å²) in [5.41, 5.74) is 10.7. The molecule has 2 N–H and O–H groups in total. The molecule has 0 spiro atoms. The van der Waals surface area contributed by atoms with Gasteiger partial charge in [-0.3, -0.25) is 0 Å². The molecule has 23 heavy (non-hydrogen) atoms. The summed E-state index contributed by atoms with van der Waals surface area (Å²) in [6.07, 6.45) is 5.55. The van der Waals surface area contributed by atoms with E-state index in [-0.39, 0.29) is 5.95 Å². The van der Waals surface area contributed by atoms with Crippen LogP contribution >= 0.6 is 0 Å². The van der Waals surface area contributed by atoms with Crippen LogP contribution in [-0.2, 0) is 7.05 Å².